The van der Waals surface area contributed by atoms with E-state index in [0.717, 1.165) is 16.0 Å². The lowest BCUT2D eigenvalue weighted by Crippen LogP contribution is -1.96. The van der Waals surface area contributed by atoms with E-state index in [2.05, 4.69) is 48.8 Å². The molecule has 0 fully saturated rings. The molecule has 94 valence electrons. The van der Waals surface area contributed by atoms with Crippen LogP contribution >= 0.6 is 15.9 Å². The van der Waals surface area contributed by atoms with E-state index in [0.29, 0.717) is 5.92 Å². The molecular weight excluding hydrogens is 288 g/mol. The Morgan fingerprint density at radius 2 is 1.67 bits per heavy atom. The monoisotopic (exact) mass is 304 g/mol. The molecule has 0 aliphatic carbocycles. The average Bonchev–Trinajstić information content (AvgIpc) is 2.36. The van der Waals surface area contributed by atoms with Crippen LogP contribution in [0.4, 0.5) is 0 Å². The first-order chi connectivity index (χ1) is 8.59. The SMILES string of the molecule is Cc1ccc(C(C)C)c(Oc2ccccc2)c1Br. The summed E-state index contributed by atoms with van der Waals surface area (Å²) in [5.41, 5.74) is 2.40. The Bertz CT molecular complexity index is 532. The van der Waals surface area contributed by atoms with Crippen molar-refractivity contribution in [2.75, 3.05) is 0 Å². The molecule has 0 aliphatic heterocycles. The van der Waals surface area contributed by atoms with E-state index in [1.165, 1.54) is 11.1 Å². The third-order valence-corrected chi connectivity index (χ3v) is 3.89. The van der Waals surface area contributed by atoms with Gasteiger partial charge in [-0.25, -0.2) is 0 Å². The van der Waals surface area contributed by atoms with E-state index in [9.17, 15) is 0 Å². The highest BCUT2D eigenvalue weighted by atomic mass is 79.9. The van der Waals surface area contributed by atoms with Crippen molar-refractivity contribution < 1.29 is 4.74 Å². The number of aryl methyl sites for hydroxylation is 1. The third-order valence-electron chi connectivity index (χ3n) is 2.91. The van der Waals surface area contributed by atoms with Gasteiger partial charge in [0.1, 0.15) is 11.5 Å². The van der Waals surface area contributed by atoms with Crippen LogP contribution < -0.4 is 4.74 Å². The predicted molar refractivity (Wildman–Crippen MR) is 79.5 cm³/mol. The molecule has 0 heterocycles. The first kappa shape index (κ1) is 13.2. The molecule has 0 aliphatic rings. The van der Waals surface area contributed by atoms with E-state index in [1.54, 1.807) is 0 Å². The minimum atomic E-state index is 0.431. The van der Waals surface area contributed by atoms with Gasteiger partial charge in [0, 0.05) is 0 Å². The average molecular weight is 305 g/mol. The zero-order valence-electron chi connectivity index (χ0n) is 10.9. The second kappa shape index (κ2) is 5.57. The van der Waals surface area contributed by atoms with Crippen LogP contribution in [0.2, 0.25) is 0 Å². The standard InChI is InChI=1S/C16H17BrO/c1-11(2)14-10-9-12(3)15(17)16(14)18-13-7-5-4-6-8-13/h4-11H,1-3H3. The molecule has 0 saturated carbocycles. The highest BCUT2D eigenvalue weighted by molar-refractivity contribution is 9.10. The van der Waals surface area contributed by atoms with Gasteiger partial charge >= 0.3 is 0 Å². The van der Waals surface area contributed by atoms with Crippen LogP contribution in [0.25, 0.3) is 0 Å². The molecule has 0 saturated heterocycles. The lowest BCUT2D eigenvalue weighted by atomic mass is 10.0. The molecule has 0 bridgehead atoms. The van der Waals surface area contributed by atoms with E-state index < -0.39 is 0 Å². The summed E-state index contributed by atoms with van der Waals surface area (Å²) in [7, 11) is 0. The molecule has 18 heavy (non-hydrogen) atoms. The van der Waals surface area contributed by atoms with Crippen molar-refractivity contribution in [2.24, 2.45) is 0 Å². The Kier molecular flexibility index (Phi) is 4.07. The normalized spacial score (nSPS) is 10.7. The largest absolute Gasteiger partial charge is 0.456 e. The maximum absolute atomic E-state index is 6.04. The fraction of sp³-hybridized carbons (Fsp3) is 0.250. The van der Waals surface area contributed by atoms with E-state index in [1.807, 2.05) is 30.3 Å². The number of hydrogen-bond donors (Lipinski definition) is 0. The topological polar surface area (TPSA) is 9.23 Å². The molecular formula is C16H17BrO. The second-order valence-electron chi connectivity index (χ2n) is 4.68. The highest BCUT2D eigenvalue weighted by Crippen LogP contribution is 2.38. The maximum Gasteiger partial charge on any atom is 0.145 e. The van der Waals surface area contributed by atoms with Crippen LogP contribution in [0.5, 0.6) is 11.5 Å². The van der Waals surface area contributed by atoms with E-state index in [-0.39, 0.29) is 0 Å². The lowest BCUT2D eigenvalue weighted by molar-refractivity contribution is 0.469. The van der Waals surface area contributed by atoms with Crippen LogP contribution in [0.15, 0.2) is 46.9 Å². The predicted octanol–water partition coefficient (Wildman–Crippen LogP) is 5.67. The van der Waals surface area contributed by atoms with Gasteiger partial charge in [0.15, 0.2) is 0 Å². The zero-order chi connectivity index (χ0) is 13.1. The van der Waals surface area contributed by atoms with Crippen molar-refractivity contribution in [1.29, 1.82) is 0 Å². The smallest absolute Gasteiger partial charge is 0.145 e. The number of rotatable bonds is 3. The molecule has 0 radical (unpaired) electrons. The molecule has 0 spiro atoms. The Morgan fingerprint density at radius 3 is 2.28 bits per heavy atom. The summed E-state index contributed by atoms with van der Waals surface area (Å²) in [6.07, 6.45) is 0. The molecule has 2 heteroatoms. The number of halogens is 1. The fourth-order valence-corrected chi connectivity index (χ4v) is 2.28. The summed E-state index contributed by atoms with van der Waals surface area (Å²) in [4.78, 5) is 0. The van der Waals surface area contributed by atoms with Crippen molar-refractivity contribution >= 4 is 15.9 Å². The van der Waals surface area contributed by atoms with Gasteiger partial charge in [0.25, 0.3) is 0 Å². The van der Waals surface area contributed by atoms with E-state index in [4.69, 9.17) is 4.74 Å². The summed E-state index contributed by atoms with van der Waals surface area (Å²) < 4.78 is 7.07. The van der Waals surface area contributed by atoms with Gasteiger partial charge in [-0.3, -0.25) is 0 Å². The van der Waals surface area contributed by atoms with Crippen molar-refractivity contribution in [3.05, 3.63) is 58.1 Å². The Labute approximate surface area is 117 Å². The highest BCUT2D eigenvalue weighted by Gasteiger charge is 2.14. The van der Waals surface area contributed by atoms with Gasteiger partial charge in [-0.05, 0) is 52.0 Å². The number of ether oxygens (including phenoxy) is 1. The quantitative estimate of drug-likeness (QED) is 0.709. The molecule has 0 unspecified atom stereocenters. The van der Waals surface area contributed by atoms with Crippen LogP contribution in [-0.2, 0) is 0 Å². The van der Waals surface area contributed by atoms with Crippen molar-refractivity contribution in [3.63, 3.8) is 0 Å². The summed E-state index contributed by atoms with van der Waals surface area (Å²) in [5.74, 6) is 2.22. The summed E-state index contributed by atoms with van der Waals surface area (Å²) in [5, 5.41) is 0. The van der Waals surface area contributed by atoms with Gasteiger partial charge in [0.2, 0.25) is 0 Å². The first-order valence-electron chi connectivity index (χ1n) is 6.11. The van der Waals surface area contributed by atoms with Gasteiger partial charge in [-0.1, -0.05) is 44.2 Å². The molecule has 0 aromatic heterocycles. The van der Waals surface area contributed by atoms with Gasteiger partial charge in [-0.2, -0.15) is 0 Å². The Balaban J connectivity index is 2.45. The lowest BCUT2D eigenvalue weighted by Gasteiger charge is -2.17. The van der Waals surface area contributed by atoms with E-state index >= 15 is 0 Å². The number of hydrogen-bond acceptors (Lipinski definition) is 1. The summed E-state index contributed by atoms with van der Waals surface area (Å²) in [6, 6.07) is 14.2. The van der Waals surface area contributed by atoms with Crippen LogP contribution in [0, 0.1) is 6.92 Å². The minimum absolute atomic E-state index is 0.431. The van der Waals surface area contributed by atoms with Gasteiger partial charge in [-0.15, -0.1) is 0 Å². The maximum atomic E-state index is 6.04. The van der Waals surface area contributed by atoms with Crippen molar-refractivity contribution in [1.82, 2.24) is 0 Å². The fourth-order valence-electron chi connectivity index (χ4n) is 1.83. The van der Waals surface area contributed by atoms with Crippen LogP contribution in [0.3, 0.4) is 0 Å². The second-order valence-corrected chi connectivity index (χ2v) is 5.48. The van der Waals surface area contributed by atoms with Crippen LogP contribution in [-0.4, -0.2) is 0 Å². The van der Waals surface area contributed by atoms with Crippen LogP contribution in [0.1, 0.15) is 30.9 Å². The number of benzene rings is 2. The Morgan fingerprint density at radius 1 is 1.00 bits per heavy atom. The van der Waals surface area contributed by atoms with Crippen molar-refractivity contribution in [3.8, 4) is 11.5 Å². The molecule has 1 nitrogen and oxygen atoms in total. The molecule has 2 aromatic rings. The Hall–Kier alpha value is -1.28. The van der Waals surface area contributed by atoms with Crippen molar-refractivity contribution in [2.45, 2.75) is 26.7 Å². The summed E-state index contributed by atoms with van der Waals surface area (Å²) in [6.45, 7) is 6.43. The zero-order valence-corrected chi connectivity index (χ0v) is 12.5. The molecule has 0 amide bonds. The molecule has 0 N–H and O–H groups in total. The first-order valence-corrected chi connectivity index (χ1v) is 6.90. The third kappa shape index (κ3) is 2.75. The summed E-state index contributed by atoms with van der Waals surface area (Å²) >= 11 is 3.63. The minimum Gasteiger partial charge on any atom is -0.456 e. The molecule has 2 aromatic carbocycles. The molecule has 0 atom stereocenters. The van der Waals surface area contributed by atoms with Gasteiger partial charge in [0.05, 0.1) is 4.47 Å². The number of para-hydroxylation sites is 1. The van der Waals surface area contributed by atoms with Gasteiger partial charge < -0.3 is 4.74 Å². The molecule has 2 rings (SSSR count).